The highest BCUT2D eigenvalue weighted by atomic mass is 16.4. The van der Waals surface area contributed by atoms with Crippen LogP contribution in [-0.2, 0) is 11.2 Å². The van der Waals surface area contributed by atoms with Crippen LogP contribution >= 0.6 is 0 Å². The van der Waals surface area contributed by atoms with Gasteiger partial charge in [-0.1, -0.05) is 37.3 Å². The lowest BCUT2D eigenvalue weighted by Gasteiger charge is -2.37. The normalized spacial score (nSPS) is 24.6. The van der Waals surface area contributed by atoms with E-state index in [0.29, 0.717) is 0 Å². The summed E-state index contributed by atoms with van der Waals surface area (Å²) in [7, 11) is 2.33. The van der Waals surface area contributed by atoms with Crippen molar-refractivity contribution in [1.29, 1.82) is 0 Å². The largest absolute Gasteiger partial charge is 0.550 e. The van der Waals surface area contributed by atoms with Crippen molar-refractivity contribution in [3.63, 3.8) is 0 Å². The van der Waals surface area contributed by atoms with E-state index in [2.05, 4.69) is 44.3 Å². The Morgan fingerprint density at radius 3 is 2.57 bits per heavy atom. The molecule has 1 aliphatic heterocycles. The molecule has 3 unspecified atom stereocenters. The van der Waals surface area contributed by atoms with E-state index in [1.165, 1.54) is 37.8 Å². The monoisotopic (exact) mass is 321 g/mol. The number of aryl methyl sites for hydroxylation is 1. The minimum atomic E-state index is -1.08. The molecule has 3 atom stereocenters. The van der Waals surface area contributed by atoms with Crippen LogP contribution in [0.5, 0.6) is 0 Å². The van der Waals surface area contributed by atoms with Crippen molar-refractivity contribution in [2.45, 2.75) is 58.1 Å². The van der Waals surface area contributed by atoms with Crippen molar-refractivity contribution >= 4 is 5.97 Å². The Kier molecular flexibility index (Phi) is 8.28. The lowest BCUT2D eigenvalue weighted by atomic mass is 10.0. The molecule has 0 amide bonds. The Bertz CT molecular complexity index is 459. The van der Waals surface area contributed by atoms with Crippen molar-refractivity contribution in [3.05, 3.63) is 35.9 Å². The molecule has 0 spiro atoms. The van der Waals surface area contributed by atoms with Gasteiger partial charge in [-0.05, 0) is 25.3 Å². The molecule has 1 aromatic rings. The van der Waals surface area contributed by atoms with Crippen molar-refractivity contribution in [2.24, 2.45) is 0 Å². The Morgan fingerprint density at radius 1 is 1.39 bits per heavy atom. The summed E-state index contributed by atoms with van der Waals surface area (Å²) in [5, 5.41) is 18.9. The minimum Gasteiger partial charge on any atom is -0.550 e. The lowest BCUT2D eigenvalue weighted by Crippen LogP contribution is -2.52. The maximum Gasteiger partial charge on any atom is 0.105 e. The van der Waals surface area contributed by atoms with E-state index in [9.17, 15) is 5.11 Å². The molecule has 0 saturated carbocycles. The summed E-state index contributed by atoms with van der Waals surface area (Å²) in [6.45, 7) is 5.21. The first-order valence-corrected chi connectivity index (χ1v) is 8.61. The molecule has 1 heterocycles. The fraction of sp³-hybridized carbons (Fsp3) is 0.632. The van der Waals surface area contributed by atoms with Crippen molar-refractivity contribution in [2.75, 3.05) is 20.1 Å². The number of likely N-dealkylation sites (tertiary alicyclic amines) is 1. The minimum absolute atomic E-state index is 0.137. The number of carboxylic acid groups (broad SMARTS) is 1. The zero-order valence-electron chi connectivity index (χ0n) is 14.7. The van der Waals surface area contributed by atoms with Crippen LogP contribution in [0.3, 0.4) is 0 Å². The summed E-state index contributed by atoms with van der Waals surface area (Å²) in [6, 6.07) is 11.5. The van der Waals surface area contributed by atoms with E-state index in [-0.39, 0.29) is 6.10 Å². The molecule has 4 heteroatoms. The van der Waals surface area contributed by atoms with E-state index in [0.717, 1.165) is 30.4 Å². The second-order valence-electron chi connectivity index (χ2n) is 6.76. The fourth-order valence-electron chi connectivity index (χ4n) is 3.47. The Morgan fingerprint density at radius 2 is 2.00 bits per heavy atom. The van der Waals surface area contributed by atoms with Gasteiger partial charge in [0.05, 0.1) is 19.6 Å². The SMILES string of the molecule is CC(=O)[O-].CCC(O)C[N+]1(C)CCCC1CCc1ccccc1. The van der Waals surface area contributed by atoms with Crippen LogP contribution < -0.4 is 5.11 Å². The Hall–Kier alpha value is -1.39. The van der Waals surface area contributed by atoms with Gasteiger partial charge >= 0.3 is 0 Å². The van der Waals surface area contributed by atoms with Gasteiger partial charge < -0.3 is 19.5 Å². The van der Waals surface area contributed by atoms with E-state index in [1.54, 1.807) is 0 Å². The highest BCUT2D eigenvalue weighted by Gasteiger charge is 2.38. The molecule has 130 valence electrons. The molecule has 0 aromatic heterocycles. The van der Waals surface area contributed by atoms with E-state index in [1.807, 2.05) is 0 Å². The zero-order chi connectivity index (χ0) is 17.3. The van der Waals surface area contributed by atoms with Gasteiger partial charge in [0.2, 0.25) is 0 Å². The highest BCUT2D eigenvalue weighted by molar-refractivity contribution is 5.60. The summed E-state index contributed by atoms with van der Waals surface area (Å²) < 4.78 is 1.07. The molecular weight excluding hydrogens is 290 g/mol. The van der Waals surface area contributed by atoms with Crippen molar-refractivity contribution < 1.29 is 19.5 Å². The number of rotatable bonds is 6. The van der Waals surface area contributed by atoms with Gasteiger partial charge in [0, 0.05) is 25.2 Å². The summed E-state index contributed by atoms with van der Waals surface area (Å²) in [6.07, 6.45) is 5.78. The number of carbonyl (C=O) groups excluding carboxylic acids is 1. The number of carbonyl (C=O) groups is 1. The van der Waals surface area contributed by atoms with Crippen LogP contribution in [0.2, 0.25) is 0 Å². The van der Waals surface area contributed by atoms with Crippen LogP contribution in [0.4, 0.5) is 0 Å². The van der Waals surface area contributed by atoms with Gasteiger partial charge in [-0.2, -0.15) is 0 Å². The summed E-state index contributed by atoms with van der Waals surface area (Å²) in [5.41, 5.74) is 1.44. The van der Waals surface area contributed by atoms with E-state index >= 15 is 0 Å². The average Bonchev–Trinajstić information content (AvgIpc) is 2.86. The molecule has 1 aliphatic rings. The molecule has 1 aromatic carbocycles. The predicted molar refractivity (Wildman–Crippen MR) is 90.7 cm³/mol. The van der Waals surface area contributed by atoms with Crippen LogP contribution in [0.25, 0.3) is 0 Å². The molecular formula is C19H31NO3. The zero-order valence-corrected chi connectivity index (χ0v) is 14.7. The van der Waals surface area contributed by atoms with Crippen LogP contribution in [0.1, 0.15) is 45.1 Å². The van der Waals surface area contributed by atoms with Crippen molar-refractivity contribution in [1.82, 2.24) is 0 Å². The summed E-state index contributed by atoms with van der Waals surface area (Å²) in [5.74, 6) is -1.08. The number of aliphatic hydroxyl groups excluding tert-OH is 1. The molecule has 0 bridgehead atoms. The van der Waals surface area contributed by atoms with Crippen LogP contribution in [0.15, 0.2) is 30.3 Å². The molecule has 1 fully saturated rings. The van der Waals surface area contributed by atoms with Crippen LogP contribution in [-0.4, -0.2) is 47.8 Å². The molecule has 0 aliphatic carbocycles. The number of likely N-dealkylation sites (N-methyl/N-ethyl adjacent to an activating group) is 1. The molecule has 1 saturated heterocycles. The van der Waals surface area contributed by atoms with Gasteiger partial charge in [0.15, 0.2) is 0 Å². The average molecular weight is 321 g/mol. The molecule has 0 radical (unpaired) electrons. The van der Waals surface area contributed by atoms with E-state index < -0.39 is 5.97 Å². The Balaban J connectivity index is 0.000000593. The summed E-state index contributed by atoms with van der Waals surface area (Å²) >= 11 is 0. The molecule has 2 rings (SSSR count). The smallest absolute Gasteiger partial charge is 0.105 e. The number of quaternary nitrogens is 1. The number of aliphatic hydroxyl groups is 1. The summed E-state index contributed by atoms with van der Waals surface area (Å²) in [4.78, 5) is 8.89. The number of aliphatic carboxylic acids is 1. The molecule has 23 heavy (non-hydrogen) atoms. The maximum atomic E-state index is 9.97. The van der Waals surface area contributed by atoms with Crippen LogP contribution in [0, 0.1) is 0 Å². The Labute approximate surface area is 140 Å². The first-order chi connectivity index (χ1) is 10.9. The quantitative estimate of drug-likeness (QED) is 0.812. The van der Waals surface area contributed by atoms with Crippen molar-refractivity contribution in [3.8, 4) is 0 Å². The topological polar surface area (TPSA) is 60.4 Å². The van der Waals surface area contributed by atoms with Gasteiger partial charge in [-0.3, -0.25) is 0 Å². The number of nitrogens with zero attached hydrogens (tertiary/aromatic N) is 1. The van der Waals surface area contributed by atoms with E-state index in [4.69, 9.17) is 9.90 Å². The van der Waals surface area contributed by atoms with Gasteiger partial charge in [-0.15, -0.1) is 0 Å². The van der Waals surface area contributed by atoms with Gasteiger partial charge in [0.25, 0.3) is 0 Å². The second kappa shape index (κ2) is 9.68. The first kappa shape index (κ1) is 19.7. The number of hydrogen-bond donors (Lipinski definition) is 1. The third-order valence-corrected chi connectivity index (χ3v) is 4.80. The predicted octanol–water partition coefficient (Wildman–Crippen LogP) is 1.76. The fourth-order valence-corrected chi connectivity index (χ4v) is 3.47. The standard InChI is InChI=1S/C17H28NO.C2H4O2/c1-3-17(19)14-18(2)13-7-10-16(18)12-11-15-8-5-4-6-9-15;1-2(3)4/h4-6,8-9,16-17,19H,3,7,10-14H2,1-2H3;1H3,(H,3,4)/q+1;/p-1. The second-order valence-corrected chi connectivity index (χ2v) is 6.76. The lowest BCUT2D eigenvalue weighted by molar-refractivity contribution is -0.924. The third-order valence-electron chi connectivity index (χ3n) is 4.80. The first-order valence-electron chi connectivity index (χ1n) is 8.61. The third kappa shape index (κ3) is 7.14. The number of hydrogen-bond acceptors (Lipinski definition) is 3. The highest BCUT2D eigenvalue weighted by Crippen LogP contribution is 2.29. The maximum absolute atomic E-state index is 9.97. The van der Waals surface area contributed by atoms with Gasteiger partial charge in [0.1, 0.15) is 12.6 Å². The molecule has 4 nitrogen and oxygen atoms in total. The number of carboxylic acids is 1. The molecule has 1 N–H and O–H groups in total. The number of benzene rings is 1. The van der Waals surface area contributed by atoms with Gasteiger partial charge in [-0.25, -0.2) is 0 Å².